The maximum absolute atomic E-state index is 12.0. The third kappa shape index (κ3) is 2.79. The van der Waals surface area contributed by atoms with Crippen LogP contribution in [-0.4, -0.2) is 54.7 Å². The lowest BCUT2D eigenvalue weighted by Gasteiger charge is -2.35. The molecule has 2 aliphatic rings. The van der Waals surface area contributed by atoms with Crippen molar-refractivity contribution in [2.75, 3.05) is 33.2 Å². The first-order valence-electron chi connectivity index (χ1n) is 7.25. The maximum atomic E-state index is 12.0. The number of ether oxygens (including phenoxy) is 1. The van der Waals surface area contributed by atoms with Gasteiger partial charge in [0, 0.05) is 32.5 Å². The molecule has 0 aromatic heterocycles. The zero-order chi connectivity index (χ0) is 13.2. The molecule has 2 fully saturated rings. The zero-order valence-corrected chi connectivity index (χ0v) is 11.9. The number of carbonyl (C=O) groups excluding carboxylic acids is 1. The minimum atomic E-state index is -0.185. The number of hydrogen-bond acceptors (Lipinski definition) is 3. The fourth-order valence-corrected chi connectivity index (χ4v) is 2.98. The lowest BCUT2D eigenvalue weighted by atomic mass is 9.91. The van der Waals surface area contributed by atoms with Crippen molar-refractivity contribution in [3.63, 3.8) is 0 Å². The SMILES string of the molecule is CCC(CC)CN1CC2(CCN(C)CC2)OC1=O. The maximum Gasteiger partial charge on any atom is 0.410 e. The van der Waals surface area contributed by atoms with Gasteiger partial charge in [0.1, 0.15) is 5.60 Å². The van der Waals surface area contributed by atoms with Crippen molar-refractivity contribution in [2.45, 2.75) is 45.1 Å². The van der Waals surface area contributed by atoms with Crippen LogP contribution in [0.15, 0.2) is 0 Å². The summed E-state index contributed by atoms with van der Waals surface area (Å²) in [6.07, 6.45) is 4.14. The van der Waals surface area contributed by atoms with Crippen LogP contribution >= 0.6 is 0 Å². The number of carbonyl (C=O) groups is 1. The van der Waals surface area contributed by atoms with E-state index in [1.54, 1.807) is 0 Å². The van der Waals surface area contributed by atoms with E-state index in [-0.39, 0.29) is 11.7 Å². The Morgan fingerprint density at radius 2 is 1.89 bits per heavy atom. The average Bonchev–Trinajstić information content (AvgIpc) is 2.67. The van der Waals surface area contributed by atoms with Crippen LogP contribution < -0.4 is 0 Å². The molecule has 2 heterocycles. The smallest absolute Gasteiger partial charge is 0.410 e. The van der Waals surface area contributed by atoms with Crippen LogP contribution in [0, 0.1) is 5.92 Å². The van der Waals surface area contributed by atoms with Gasteiger partial charge in [0.05, 0.1) is 6.54 Å². The van der Waals surface area contributed by atoms with E-state index < -0.39 is 0 Å². The van der Waals surface area contributed by atoms with Crippen molar-refractivity contribution >= 4 is 6.09 Å². The lowest BCUT2D eigenvalue weighted by Crippen LogP contribution is -2.45. The summed E-state index contributed by atoms with van der Waals surface area (Å²) in [5.41, 5.74) is -0.185. The van der Waals surface area contributed by atoms with E-state index in [9.17, 15) is 4.79 Å². The van der Waals surface area contributed by atoms with Gasteiger partial charge in [-0.1, -0.05) is 26.7 Å². The number of nitrogens with zero attached hydrogens (tertiary/aromatic N) is 2. The monoisotopic (exact) mass is 254 g/mol. The molecule has 0 aromatic rings. The molecule has 18 heavy (non-hydrogen) atoms. The molecule has 2 rings (SSSR count). The van der Waals surface area contributed by atoms with E-state index in [1.165, 1.54) is 0 Å². The molecule has 0 atom stereocenters. The first-order valence-corrected chi connectivity index (χ1v) is 7.25. The zero-order valence-electron chi connectivity index (χ0n) is 11.9. The Balaban J connectivity index is 1.94. The highest BCUT2D eigenvalue weighted by molar-refractivity contribution is 5.70. The minimum absolute atomic E-state index is 0.0912. The van der Waals surface area contributed by atoms with Gasteiger partial charge in [0.2, 0.25) is 0 Å². The Hall–Kier alpha value is -0.770. The predicted octanol–water partition coefficient (Wildman–Crippen LogP) is 2.34. The Bertz CT molecular complexity index is 294. The molecule has 0 radical (unpaired) electrons. The summed E-state index contributed by atoms with van der Waals surface area (Å²) in [6, 6.07) is 0. The third-order valence-corrected chi connectivity index (χ3v) is 4.57. The van der Waals surface area contributed by atoms with Crippen molar-refractivity contribution < 1.29 is 9.53 Å². The van der Waals surface area contributed by atoms with Gasteiger partial charge >= 0.3 is 6.09 Å². The van der Waals surface area contributed by atoms with Crippen LogP contribution in [0.1, 0.15) is 39.5 Å². The molecule has 0 aromatic carbocycles. The Labute approximate surface area is 110 Å². The summed E-state index contributed by atoms with van der Waals surface area (Å²) >= 11 is 0. The van der Waals surface area contributed by atoms with E-state index in [0.717, 1.165) is 51.9 Å². The molecule has 0 unspecified atom stereocenters. The highest BCUT2D eigenvalue weighted by atomic mass is 16.6. The third-order valence-electron chi connectivity index (χ3n) is 4.57. The molecule has 0 saturated carbocycles. The molecule has 4 nitrogen and oxygen atoms in total. The second-order valence-electron chi connectivity index (χ2n) is 5.92. The van der Waals surface area contributed by atoms with Gasteiger partial charge in [-0.25, -0.2) is 4.79 Å². The number of likely N-dealkylation sites (tertiary alicyclic amines) is 1. The van der Waals surface area contributed by atoms with Gasteiger partial charge in [0.15, 0.2) is 0 Å². The van der Waals surface area contributed by atoms with Gasteiger partial charge in [-0.15, -0.1) is 0 Å². The number of piperidine rings is 1. The fourth-order valence-electron chi connectivity index (χ4n) is 2.98. The molecule has 2 saturated heterocycles. The summed E-state index contributed by atoms with van der Waals surface area (Å²) in [6.45, 7) is 8.12. The lowest BCUT2D eigenvalue weighted by molar-refractivity contribution is 0.00656. The van der Waals surface area contributed by atoms with Crippen LogP contribution in [0.3, 0.4) is 0 Å². The Morgan fingerprint density at radius 3 is 2.44 bits per heavy atom. The van der Waals surface area contributed by atoms with Gasteiger partial charge in [-0.2, -0.15) is 0 Å². The molecule has 1 amide bonds. The highest BCUT2D eigenvalue weighted by Crippen LogP contribution is 2.33. The first kappa shape index (κ1) is 13.7. The minimum Gasteiger partial charge on any atom is -0.441 e. The summed E-state index contributed by atoms with van der Waals surface area (Å²) in [5.74, 6) is 0.610. The average molecular weight is 254 g/mol. The quantitative estimate of drug-likeness (QED) is 0.772. The summed E-state index contributed by atoms with van der Waals surface area (Å²) < 4.78 is 5.70. The summed E-state index contributed by atoms with van der Waals surface area (Å²) in [5, 5.41) is 0. The van der Waals surface area contributed by atoms with Crippen molar-refractivity contribution in [1.29, 1.82) is 0 Å². The number of rotatable bonds is 4. The van der Waals surface area contributed by atoms with Crippen LogP contribution in [0.2, 0.25) is 0 Å². The fraction of sp³-hybridized carbons (Fsp3) is 0.929. The summed E-state index contributed by atoms with van der Waals surface area (Å²) in [7, 11) is 2.13. The van der Waals surface area contributed by atoms with Gasteiger partial charge in [0.25, 0.3) is 0 Å². The number of amides is 1. The van der Waals surface area contributed by atoms with E-state index in [2.05, 4.69) is 25.8 Å². The van der Waals surface area contributed by atoms with Gasteiger partial charge in [-0.05, 0) is 13.0 Å². The van der Waals surface area contributed by atoms with Crippen molar-refractivity contribution in [1.82, 2.24) is 9.80 Å². The first-order chi connectivity index (χ1) is 8.58. The Morgan fingerprint density at radius 1 is 1.28 bits per heavy atom. The molecular weight excluding hydrogens is 228 g/mol. The number of hydrogen-bond donors (Lipinski definition) is 0. The van der Waals surface area contributed by atoms with Crippen molar-refractivity contribution in [3.05, 3.63) is 0 Å². The molecular formula is C14H26N2O2. The molecule has 4 heteroatoms. The molecule has 0 N–H and O–H groups in total. The second-order valence-corrected chi connectivity index (χ2v) is 5.92. The standard InChI is InChI=1S/C14H26N2O2/c1-4-12(5-2)10-16-11-14(18-13(16)17)6-8-15(3)9-7-14/h12H,4-11H2,1-3H3. The molecule has 104 valence electrons. The molecule has 0 aliphatic carbocycles. The predicted molar refractivity (Wildman–Crippen MR) is 71.6 cm³/mol. The van der Waals surface area contributed by atoms with Crippen molar-refractivity contribution in [3.8, 4) is 0 Å². The summed E-state index contributed by atoms with van der Waals surface area (Å²) in [4.78, 5) is 16.2. The molecule has 2 aliphatic heterocycles. The normalized spacial score (nSPS) is 24.0. The van der Waals surface area contributed by atoms with E-state index in [0.29, 0.717) is 5.92 Å². The van der Waals surface area contributed by atoms with Gasteiger partial charge in [-0.3, -0.25) is 0 Å². The van der Waals surface area contributed by atoms with Gasteiger partial charge < -0.3 is 14.5 Å². The second kappa shape index (κ2) is 5.47. The van der Waals surface area contributed by atoms with E-state index >= 15 is 0 Å². The van der Waals surface area contributed by atoms with Crippen LogP contribution in [0.5, 0.6) is 0 Å². The van der Waals surface area contributed by atoms with Crippen LogP contribution in [0.25, 0.3) is 0 Å². The topological polar surface area (TPSA) is 32.8 Å². The molecule has 1 spiro atoms. The van der Waals surface area contributed by atoms with Crippen molar-refractivity contribution in [2.24, 2.45) is 5.92 Å². The largest absolute Gasteiger partial charge is 0.441 e. The van der Waals surface area contributed by atoms with E-state index in [4.69, 9.17) is 4.74 Å². The molecule has 0 bridgehead atoms. The van der Waals surface area contributed by atoms with Crippen LogP contribution in [-0.2, 0) is 4.74 Å². The highest BCUT2D eigenvalue weighted by Gasteiger charge is 2.46. The van der Waals surface area contributed by atoms with Crippen LogP contribution in [0.4, 0.5) is 4.79 Å². The Kier molecular flexibility index (Phi) is 4.15. The van der Waals surface area contributed by atoms with E-state index in [1.807, 2.05) is 4.90 Å².